The summed E-state index contributed by atoms with van der Waals surface area (Å²) in [5.41, 5.74) is -0.111. The van der Waals surface area contributed by atoms with Gasteiger partial charge in [-0.3, -0.25) is 0 Å². The van der Waals surface area contributed by atoms with E-state index in [9.17, 15) is 13.2 Å². The van der Waals surface area contributed by atoms with Gasteiger partial charge in [-0.15, -0.1) is 0 Å². The van der Waals surface area contributed by atoms with Gasteiger partial charge >= 0.3 is 6.18 Å². The lowest BCUT2D eigenvalue weighted by Crippen LogP contribution is -2.19. The fraction of sp³-hybridized carbons (Fsp3) is 0.462. The van der Waals surface area contributed by atoms with Crippen LogP contribution in [0.5, 0.6) is 0 Å². The third-order valence-corrected chi connectivity index (χ3v) is 2.59. The zero-order valence-electron chi connectivity index (χ0n) is 10.7. The van der Waals surface area contributed by atoms with Gasteiger partial charge in [-0.25, -0.2) is 4.98 Å². The fourth-order valence-corrected chi connectivity index (χ4v) is 1.69. The Bertz CT molecular complexity index is 561. The molecule has 0 atom stereocenters. The Morgan fingerprint density at radius 2 is 2.05 bits per heavy atom. The van der Waals surface area contributed by atoms with Crippen molar-refractivity contribution in [2.75, 3.05) is 6.54 Å². The fourth-order valence-electron chi connectivity index (χ4n) is 1.69. The number of benzene rings is 1. The van der Waals surface area contributed by atoms with Crippen molar-refractivity contribution in [3.63, 3.8) is 0 Å². The summed E-state index contributed by atoms with van der Waals surface area (Å²) in [5.74, 6) is 0.885. The van der Waals surface area contributed by atoms with Crippen LogP contribution in [0.4, 0.5) is 13.2 Å². The van der Waals surface area contributed by atoms with E-state index in [2.05, 4.69) is 24.1 Å². The molecule has 0 unspecified atom stereocenters. The molecule has 1 N–H and O–H groups in total. The molecular formula is C13H15F3N2O. The van der Waals surface area contributed by atoms with Crippen molar-refractivity contribution >= 4 is 11.1 Å². The van der Waals surface area contributed by atoms with E-state index in [1.165, 1.54) is 6.07 Å². The Hall–Kier alpha value is -1.56. The molecule has 0 fully saturated rings. The molecule has 2 aromatic rings. The van der Waals surface area contributed by atoms with E-state index < -0.39 is 11.7 Å². The highest BCUT2D eigenvalue weighted by Crippen LogP contribution is 2.31. The minimum absolute atomic E-state index is 0.233. The molecule has 0 bridgehead atoms. The quantitative estimate of drug-likeness (QED) is 0.924. The van der Waals surface area contributed by atoms with Crippen molar-refractivity contribution in [1.29, 1.82) is 0 Å². The first kappa shape index (κ1) is 13.9. The second-order valence-corrected chi connectivity index (χ2v) is 4.81. The van der Waals surface area contributed by atoms with Crippen molar-refractivity contribution in [2.24, 2.45) is 5.92 Å². The van der Waals surface area contributed by atoms with Crippen LogP contribution in [0.3, 0.4) is 0 Å². The largest absolute Gasteiger partial charge is 0.439 e. The molecule has 0 saturated heterocycles. The minimum Gasteiger partial charge on any atom is -0.439 e. The van der Waals surface area contributed by atoms with Crippen LogP contribution in [0.15, 0.2) is 22.6 Å². The minimum atomic E-state index is -4.36. The lowest BCUT2D eigenvalue weighted by atomic mass is 10.2. The summed E-state index contributed by atoms with van der Waals surface area (Å²) in [4.78, 5) is 4.05. The second kappa shape index (κ2) is 5.21. The van der Waals surface area contributed by atoms with Crippen LogP contribution >= 0.6 is 0 Å². The first-order valence-electron chi connectivity index (χ1n) is 6.03. The van der Waals surface area contributed by atoms with Crippen molar-refractivity contribution in [3.05, 3.63) is 29.7 Å². The average molecular weight is 272 g/mol. The molecule has 3 nitrogen and oxygen atoms in total. The van der Waals surface area contributed by atoms with Crippen molar-refractivity contribution in [3.8, 4) is 0 Å². The Morgan fingerprint density at radius 1 is 1.32 bits per heavy atom. The standard InChI is InChI=1S/C13H15F3N2O/c1-8(2)6-17-7-12-18-10-5-9(13(14,15)16)3-4-11(10)19-12/h3-5,8,17H,6-7H2,1-2H3. The van der Waals surface area contributed by atoms with Crippen molar-refractivity contribution < 1.29 is 17.6 Å². The molecule has 1 heterocycles. The molecule has 0 amide bonds. The first-order valence-corrected chi connectivity index (χ1v) is 6.03. The predicted molar refractivity (Wildman–Crippen MR) is 65.6 cm³/mol. The molecule has 2 rings (SSSR count). The number of hydrogen-bond acceptors (Lipinski definition) is 3. The van der Waals surface area contributed by atoms with Crippen LogP contribution in [0.25, 0.3) is 11.1 Å². The van der Waals surface area contributed by atoms with E-state index in [0.717, 1.165) is 18.7 Å². The Labute approximate surface area is 108 Å². The number of fused-ring (bicyclic) bond motifs is 1. The summed E-state index contributed by atoms with van der Waals surface area (Å²) in [7, 11) is 0. The van der Waals surface area contributed by atoms with Gasteiger partial charge in [0.15, 0.2) is 5.58 Å². The van der Waals surface area contributed by atoms with Crippen LogP contribution in [0.2, 0.25) is 0 Å². The van der Waals surface area contributed by atoms with Gasteiger partial charge in [0.2, 0.25) is 5.89 Å². The maximum atomic E-state index is 12.5. The molecule has 0 radical (unpaired) electrons. The molecule has 0 spiro atoms. The normalized spacial score (nSPS) is 12.5. The molecule has 0 aliphatic rings. The summed E-state index contributed by atoms with van der Waals surface area (Å²) in [5, 5.41) is 3.13. The highest BCUT2D eigenvalue weighted by atomic mass is 19.4. The van der Waals surface area contributed by atoms with Crippen molar-refractivity contribution in [1.82, 2.24) is 10.3 Å². The van der Waals surface area contributed by atoms with Crippen LogP contribution in [-0.4, -0.2) is 11.5 Å². The number of hydrogen-bond donors (Lipinski definition) is 1. The topological polar surface area (TPSA) is 38.1 Å². The molecule has 6 heteroatoms. The Balaban J connectivity index is 2.16. The molecule has 0 aliphatic heterocycles. The maximum absolute atomic E-state index is 12.5. The highest BCUT2D eigenvalue weighted by molar-refractivity contribution is 5.73. The maximum Gasteiger partial charge on any atom is 0.416 e. The number of nitrogens with zero attached hydrogens (tertiary/aromatic N) is 1. The smallest absolute Gasteiger partial charge is 0.416 e. The summed E-state index contributed by atoms with van der Waals surface area (Å²) >= 11 is 0. The first-order chi connectivity index (χ1) is 8.86. The van der Waals surface area contributed by atoms with Gasteiger partial charge in [-0.2, -0.15) is 13.2 Å². The Morgan fingerprint density at radius 3 is 2.68 bits per heavy atom. The van der Waals surface area contributed by atoms with E-state index >= 15 is 0 Å². The summed E-state index contributed by atoms with van der Waals surface area (Å²) in [6.45, 7) is 5.34. The Kier molecular flexibility index (Phi) is 3.80. The zero-order chi connectivity index (χ0) is 14.0. The van der Waals surface area contributed by atoms with Gasteiger partial charge in [-0.1, -0.05) is 13.8 Å². The SMILES string of the molecule is CC(C)CNCc1nc2cc(C(F)(F)F)ccc2o1. The van der Waals surface area contributed by atoms with Crippen LogP contribution in [0.1, 0.15) is 25.3 Å². The monoisotopic (exact) mass is 272 g/mol. The molecule has 1 aromatic carbocycles. The van der Waals surface area contributed by atoms with E-state index in [1.807, 2.05) is 0 Å². The summed E-state index contributed by atoms with van der Waals surface area (Å²) in [6, 6.07) is 3.31. The second-order valence-electron chi connectivity index (χ2n) is 4.81. The molecular weight excluding hydrogens is 257 g/mol. The van der Waals surface area contributed by atoms with E-state index in [1.54, 1.807) is 0 Å². The number of aromatic nitrogens is 1. The lowest BCUT2D eigenvalue weighted by molar-refractivity contribution is -0.137. The van der Waals surface area contributed by atoms with E-state index in [0.29, 0.717) is 23.9 Å². The van der Waals surface area contributed by atoms with E-state index in [-0.39, 0.29) is 5.52 Å². The van der Waals surface area contributed by atoms with Crippen molar-refractivity contribution in [2.45, 2.75) is 26.6 Å². The third kappa shape index (κ3) is 3.47. The number of alkyl halides is 3. The van der Waals surface area contributed by atoms with Gasteiger partial charge in [-0.05, 0) is 30.7 Å². The van der Waals surface area contributed by atoms with Gasteiger partial charge < -0.3 is 9.73 Å². The van der Waals surface area contributed by atoms with Gasteiger partial charge in [0.05, 0.1) is 12.1 Å². The highest BCUT2D eigenvalue weighted by Gasteiger charge is 2.30. The molecule has 104 valence electrons. The third-order valence-electron chi connectivity index (χ3n) is 2.59. The number of oxazole rings is 1. The summed E-state index contributed by atoms with van der Waals surface area (Å²) in [6.07, 6.45) is -4.36. The van der Waals surface area contributed by atoms with Crippen LogP contribution in [-0.2, 0) is 12.7 Å². The number of nitrogens with one attached hydrogen (secondary N) is 1. The van der Waals surface area contributed by atoms with E-state index in [4.69, 9.17) is 4.42 Å². The van der Waals surface area contributed by atoms with Crippen LogP contribution in [0, 0.1) is 5.92 Å². The summed E-state index contributed by atoms with van der Waals surface area (Å²) < 4.78 is 43.0. The van der Waals surface area contributed by atoms with Gasteiger partial charge in [0.25, 0.3) is 0 Å². The molecule has 0 saturated carbocycles. The van der Waals surface area contributed by atoms with Gasteiger partial charge in [0, 0.05) is 0 Å². The lowest BCUT2D eigenvalue weighted by Gasteiger charge is -2.04. The average Bonchev–Trinajstić information content (AvgIpc) is 2.68. The number of rotatable bonds is 4. The zero-order valence-corrected chi connectivity index (χ0v) is 10.7. The molecule has 0 aliphatic carbocycles. The predicted octanol–water partition coefficient (Wildman–Crippen LogP) is 3.59. The number of halogens is 3. The molecule has 1 aromatic heterocycles. The van der Waals surface area contributed by atoms with Gasteiger partial charge in [0.1, 0.15) is 5.52 Å². The molecule has 19 heavy (non-hydrogen) atoms. The van der Waals surface area contributed by atoms with Crippen LogP contribution < -0.4 is 5.32 Å².